The van der Waals surface area contributed by atoms with E-state index in [1.54, 1.807) is 45.5 Å². The molecular formula is C20H22N2O4. The highest BCUT2D eigenvalue weighted by Crippen LogP contribution is 2.49. The van der Waals surface area contributed by atoms with Crippen LogP contribution in [0.3, 0.4) is 0 Å². The Morgan fingerprint density at radius 2 is 1.77 bits per heavy atom. The number of benzene rings is 2. The van der Waals surface area contributed by atoms with Crippen LogP contribution in [0.1, 0.15) is 28.3 Å². The van der Waals surface area contributed by atoms with E-state index in [-0.39, 0.29) is 23.7 Å². The van der Waals surface area contributed by atoms with Crippen molar-refractivity contribution in [1.82, 2.24) is 5.32 Å². The lowest BCUT2D eigenvalue weighted by molar-refractivity contribution is -0.117. The number of amides is 2. The molecule has 2 atom stereocenters. The summed E-state index contributed by atoms with van der Waals surface area (Å²) < 4.78 is 10.6. The molecule has 0 aliphatic heterocycles. The van der Waals surface area contributed by atoms with Gasteiger partial charge in [0.2, 0.25) is 5.91 Å². The molecule has 1 fully saturated rings. The number of anilines is 1. The molecule has 26 heavy (non-hydrogen) atoms. The quantitative estimate of drug-likeness (QED) is 0.836. The average molecular weight is 354 g/mol. The Morgan fingerprint density at radius 1 is 1.04 bits per heavy atom. The monoisotopic (exact) mass is 354 g/mol. The molecule has 3 rings (SSSR count). The second-order valence-corrected chi connectivity index (χ2v) is 6.18. The molecule has 0 radical (unpaired) electrons. The Morgan fingerprint density at radius 3 is 2.46 bits per heavy atom. The van der Waals surface area contributed by atoms with E-state index in [0.29, 0.717) is 22.7 Å². The number of carbonyl (C=O) groups is 2. The lowest BCUT2D eigenvalue weighted by atomic mass is 10.1. The van der Waals surface area contributed by atoms with Gasteiger partial charge >= 0.3 is 0 Å². The van der Waals surface area contributed by atoms with E-state index in [1.807, 2.05) is 18.2 Å². The molecule has 6 nitrogen and oxygen atoms in total. The molecular weight excluding hydrogens is 332 g/mol. The molecule has 0 spiro atoms. The third kappa shape index (κ3) is 3.49. The Labute approximate surface area is 152 Å². The van der Waals surface area contributed by atoms with Gasteiger partial charge in [-0.1, -0.05) is 18.2 Å². The van der Waals surface area contributed by atoms with Crippen LogP contribution in [0.25, 0.3) is 0 Å². The van der Waals surface area contributed by atoms with Gasteiger partial charge in [0.15, 0.2) is 11.5 Å². The topological polar surface area (TPSA) is 76.7 Å². The zero-order valence-electron chi connectivity index (χ0n) is 15.0. The summed E-state index contributed by atoms with van der Waals surface area (Å²) in [5.74, 6) is 1.03. The lowest BCUT2D eigenvalue weighted by Gasteiger charge is -2.11. The third-order valence-electron chi connectivity index (χ3n) is 4.62. The molecule has 0 heterocycles. The predicted molar refractivity (Wildman–Crippen MR) is 98.9 cm³/mol. The molecule has 136 valence electrons. The summed E-state index contributed by atoms with van der Waals surface area (Å²) in [6, 6.07) is 12.7. The summed E-state index contributed by atoms with van der Waals surface area (Å²) in [7, 11) is 4.75. The van der Waals surface area contributed by atoms with Crippen molar-refractivity contribution in [2.45, 2.75) is 12.3 Å². The van der Waals surface area contributed by atoms with Gasteiger partial charge in [0.05, 0.1) is 25.5 Å². The van der Waals surface area contributed by atoms with Crippen molar-refractivity contribution in [2.24, 2.45) is 5.92 Å². The van der Waals surface area contributed by atoms with Crippen molar-refractivity contribution in [3.8, 4) is 11.5 Å². The van der Waals surface area contributed by atoms with Gasteiger partial charge in [-0.3, -0.25) is 9.59 Å². The third-order valence-corrected chi connectivity index (χ3v) is 4.62. The van der Waals surface area contributed by atoms with Crippen LogP contribution in [-0.4, -0.2) is 33.1 Å². The second kappa shape index (κ2) is 7.47. The van der Waals surface area contributed by atoms with E-state index in [1.165, 1.54) is 0 Å². The lowest BCUT2D eigenvalue weighted by Crippen LogP contribution is -2.22. The van der Waals surface area contributed by atoms with E-state index < -0.39 is 0 Å². The van der Waals surface area contributed by atoms with E-state index in [4.69, 9.17) is 9.47 Å². The molecule has 0 saturated heterocycles. The van der Waals surface area contributed by atoms with Crippen LogP contribution in [0.15, 0.2) is 42.5 Å². The van der Waals surface area contributed by atoms with Crippen LogP contribution in [0.4, 0.5) is 5.69 Å². The van der Waals surface area contributed by atoms with Crippen LogP contribution in [0.5, 0.6) is 11.5 Å². The van der Waals surface area contributed by atoms with Gasteiger partial charge in [-0.25, -0.2) is 0 Å². The summed E-state index contributed by atoms with van der Waals surface area (Å²) in [4.78, 5) is 24.5. The van der Waals surface area contributed by atoms with E-state index >= 15 is 0 Å². The van der Waals surface area contributed by atoms with Gasteiger partial charge in [-0.15, -0.1) is 0 Å². The standard InChI is InChI=1S/C20H22N2O4/c1-21-19(23)13-6-4-5-7-16(13)22-20(24)15-11-14(15)12-8-9-17(25-2)18(10-12)26-3/h4-10,14-15H,11H2,1-3H3,(H,21,23)(H,22,24). The number of hydrogen-bond acceptors (Lipinski definition) is 4. The van der Waals surface area contributed by atoms with E-state index in [0.717, 1.165) is 12.0 Å². The van der Waals surface area contributed by atoms with Gasteiger partial charge in [-0.2, -0.15) is 0 Å². The Hall–Kier alpha value is -3.02. The zero-order chi connectivity index (χ0) is 18.7. The first-order valence-corrected chi connectivity index (χ1v) is 8.43. The van der Waals surface area contributed by atoms with Gasteiger partial charge in [0, 0.05) is 13.0 Å². The highest BCUT2D eigenvalue weighted by Gasteiger charge is 2.44. The molecule has 2 amide bonds. The molecule has 1 aliphatic carbocycles. The Kier molecular flexibility index (Phi) is 5.11. The van der Waals surface area contributed by atoms with Crippen LogP contribution < -0.4 is 20.1 Å². The fraction of sp³-hybridized carbons (Fsp3) is 0.300. The second-order valence-electron chi connectivity index (χ2n) is 6.18. The SMILES string of the molecule is CNC(=O)c1ccccc1NC(=O)C1CC1c1ccc(OC)c(OC)c1. The van der Waals surface area contributed by atoms with Gasteiger partial charge in [0.25, 0.3) is 5.91 Å². The summed E-state index contributed by atoms with van der Waals surface area (Å²) in [6.45, 7) is 0. The summed E-state index contributed by atoms with van der Waals surface area (Å²) >= 11 is 0. The molecule has 2 aromatic rings. The summed E-state index contributed by atoms with van der Waals surface area (Å²) in [5, 5.41) is 5.46. The summed E-state index contributed by atoms with van der Waals surface area (Å²) in [6.07, 6.45) is 0.767. The van der Waals surface area contributed by atoms with E-state index in [9.17, 15) is 9.59 Å². The normalized spacial score (nSPS) is 18.0. The first-order valence-electron chi connectivity index (χ1n) is 8.43. The van der Waals surface area contributed by atoms with E-state index in [2.05, 4.69) is 10.6 Å². The maximum atomic E-state index is 12.6. The molecule has 2 aromatic carbocycles. The summed E-state index contributed by atoms with van der Waals surface area (Å²) in [5.41, 5.74) is 2.02. The number of methoxy groups -OCH3 is 2. The zero-order valence-corrected chi connectivity index (χ0v) is 15.0. The first-order chi connectivity index (χ1) is 12.6. The molecule has 0 bridgehead atoms. The predicted octanol–water partition coefficient (Wildman–Crippen LogP) is 2.81. The van der Waals surface area contributed by atoms with Crippen LogP contribution in [0.2, 0.25) is 0 Å². The highest BCUT2D eigenvalue weighted by molar-refractivity contribution is 6.04. The number of carbonyl (C=O) groups excluding carboxylic acids is 2. The Balaban J connectivity index is 1.72. The minimum absolute atomic E-state index is 0.0823. The molecule has 0 aromatic heterocycles. The fourth-order valence-electron chi connectivity index (χ4n) is 3.09. The fourth-order valence-corrected chi connectivity index (χ4v) is 3.09. The van der Waals surface area contributed by atoms with Crippen LogP contribution in [-0.2, 0) is 4.79 Å². The van der Waals surface area contributed by atoms with Crippen molar-refractivity contribution in [1.29, 1.82) is 0 Å². The van der Waals surface area contributed by atoms with Crippen molar-refractivity contribution >= 4 is 17.5 Å². The van der Waals surface area contributed by atoms with Gasteiger partial charge in [-0.05, 0) is 42.2 Å². The van der Waals surface area contributed by atoms with Crippen LogP contribution in [0, 0.1) is 5.92 Å². The van der Waals surface area contributed by atoms with Crippen LogP contribution >= 0.6 is 0 Å². The van der Waals surface area contributed by atoms with Gasteiger partial charge < -0.3 is 20.1 Å². The molecule has 2 unspecified atom stereocenters. The Bertz CT molecular complexity index is 834. The number of ether oxygens (including phenoxy) is 2. The number of nitrogens with one attached hydrogen (secondary N) is 2. The number of rotatable bonds is 6. The maximum absolute atomic E-state index is 12.6. The minimum Gasteiger partial charge on any atom is -0.493 e. The van der Waals surface area contributed by atoms with Crippen molar-refractivity contribution in [2.75, 3.05) is 26.6 Å². The number of para-hydroxylation sites is 1. The number of hydrogen-bond donors (Lipinski definition) is 2. The minimum atomic E-state index is -0.229. The maximum Gasteiger partial charge on any atom is 0.253 e. The van der Waals surface area contributed by atoms with Crippen molar-refractivity contribution in [3.05, 3.63) is 53.6 Å². The smallest absolute Gasteiger partial charge is 0.253 e. The first kappa shape index (κ1) is 17.8. The van der Waals surface area contributed by atoms with Crippen molar-refractivity contribution < 1.29 is 19.1 Å². The molecule has 1 saturated carbocycles. The molecule has 6 heteroatoms. The molecule has 2 N–H and O–H groups in total. The average Bonchev–Trinajstić information content (AvgIpc) is 3.48. The van der Waals surface area contributed by atoms with Gasteiger partial charge in [0.1, 0.15) is 0 Å². The van der Waals surface area contributed by atoms with Crippen molar-refractivity contribution in [3.63, 3.8) is 0 Å². The molecule has 1 aliphatic rings. The highest BCUT2D eigenvalue weighted by atomic mass is 16.5. The largest absolute Gasteiger partial charge is 0.493 e.